The van der Waals surface area contributed by atoms with Gasteiger partial charge in [-0.05, 0) is 44.2 Å². The largest absolute Gasteiger partial charge is 0.379 e. The maximum atomic E-state index is 11.4. The van der Waals surface area contributed by atoms with Crippen LogP contribution in [0, 0.1) is 10.1 Å². The molecule has 0 aromatic heterocycles. The van der Waals surface area contributed by atoms with E-state index in [0.29, 0.717) is 12.2 Å². The number of sulfonamides is 1. The molecule has 2 aliphatic rings. The first kappa shape index (κ1) is 18.1. The number of nitro groups is 1. The van der Waals surface area contributed by atoms with Crippen LogP contribution in [0.2, 0.25) is 0 Å². The summed E-state index contributed by atoms with van der Waals surface area (Å²) in [6.07, 6.45) is 7.33. The summed E-state index contributed by atoms with van der Waals surface area (Å²) < 4.78 is 22.7. The lowest BCUT2D eigenvalue weighted by Gasteiger charge is -2.38. The van der Waals surface area contributed by atoms with Crippen LogP contribution in [-0.2, 0) is 10.0 Å². The highest BCUT2D eigenvalue weighted by molar-refractivity contribution is 7.89. The summed E-state index contributed by atoms with van der Waals surface area (Å²) >= 11 is 0. The van der Waals surface area contributed by atoms with Gasteiger partial charge in [-0.25, -0.2) is 13.6 Å². The lowest BCUT2D eigenvalue weighted by Crippen LogP contribution is -2.42. The van der Waals surface area contributed by atoms with Crippen LogP contribution >= 0.6 is 0 Å². The third-order valence-corrected chi connectivity index (χ3v) is 5.87. The molecular formula is C16H24N4O4S. The van der Waals surface area contributed by atoms with Crippen molar-refractivity contribution in [1.29, 1.82) is 0 Å². The maximum Gasteiger partial charge on any atom is 0.293 e. The van der Waals surface area contributed by atoms with Gasteiger partial charge in [0.15, 0.2) is 0 Å². The van der Waals surface area contributed by atoms with Crippen LogP contribution in [0.5, 0.6) is 0 Å². The number of anilines is 1. The molecule has 0 heterocycles. The number of rotatable bonds is 9. The fourth-order valence-corrected chi connectivity index (χ4v) is 3.80. The van der Waals surface area contributed by atoms with Crippen molar-refractivity contribution in [1.82, 2.24) is 4.90 Å². The standard InChI is InChI=1S/C16H24N4O4S/c17-25(23,24)14-7-8-15(16(11-14)20(21)22)18-9-2-10-19(13-5-6-13)12-3-1-4-12/h7-8,11-13,18H,1-6,9-10H2,(H2,17,23,24). The molecule has 3 N–H and O–H groups in total. The highest BCUT2D eigenvalue weighted by Crippen LogP contribution is 2.35. The molecule has 9 heteroatoms. The number of hydrogen-bond acceptors (Lipinski definition) is 6. The minimum absolute atomic E-state index is 0.255. The second kappa shape index (κ2) is 7.27. The number of nitrogens with two attached hydrogens (primary N) is 1. The zero-order valence-corrected chi connectivity index (χ0v) is 14.9. The summed E-state index contributed by atoms with van der Waals surface area (Å²) in [5, 5.41) is 19.3. The number of nitro benzene ring substituents is 1. The Morgan fingerprint density at radius 1 is 1.24 bits per heavy atom. The second-order valence-electron chi connectivity index (χ2n) is 6.82. The molecule has 0 spiro atoms. The van der Waals surface area contributed by atoms with Crippen molar-refractivity contribution in [2.45, 2.75) is 55.5 Å². The van der Waals surface area contributed by atoms with Gasteiger partial charge in [0.1, 0.15) is 5.69 Å². The Morgan fingerprint density at radius 2 is 1.92 bits per heavy atom. The summed E-state index contributed by atoms with van der Waals surface area (Å²) in [6, 6.07) is 5.14. The molecule has 0 unspecified atom stereocenters. The molecule has 138 valence electrons. The quantitative estimate of drug-likeness (QED) is 0.391. The van der Waals surface area contributed by atoms with Gasteiger partial charge in [-0.3, -0.25) is 15.0 Å². The molecular weight excluding hydrogens is 344 g/mol. The fraction of sp³-hybridized carbons (Fsp3) is 0.625. The Hall–Kier alpha value is -1.71. The van der Waals surface area contributed by atoms with Crippen LogP contribution < -0.4 is 10.5 Å². The number of hydrogen-bond donors (Lipinski definition) is 2. The molecule has 0 saturated heterocycles. The number of primary sulfonamides is 1. The van der Waals surface area contributed by atoms with Crippen LogP contribution in [-0.4, -0.2) is 43.4 Å². The smallest absolute Gasteiger partial charge is 0.293 e. The minimum atomic E-state index is -3.96. The van der Waals surface area contributed by atoms with Crippen molar-refractivity contribution in [3.8, 4) is 0 Å². The van der Waals surface area contributed by atoms with Gasteiger partial charge in [0.05, 0.1) is 9.82 Å². The Labute approximate surface area is 147 Å². The van der Waals surface area contributed by atoms with E-state index in [-0.39, 0.29) is 10.6 Å². The van der Waals surface area contributed by atoms with Gasteiger partial charge in [0, 0.05) is 31.2 Å². The van der Waals surface area contributed by atoms with Crippen molar-refractivity contribution in [2.24, 2.45) is 5.14 Å². The van der Waals surface area contributed by atoms with Crippen LogP contribution in [0.25, 0.3) is 0 Å². The van der Waals surface area contributed by atoms with Crippen LogP contribution in [0.15, 0.2) is 23.1 Å². The zero-order chi connectivity index (χ0) is 18.0. The summed E-state index contributed by atoms with van der Waals surface area (Å²) in [6.45, 7) is 1.59. The summed E-state index contributed by atoms with van der Waals surface area (Å²) in [7, 11) is -3.96. The molecule has 3 rings (SSSR count). The highest BCUT2D eigenvalue weighted by atomic mass is 32.2. The molecule has 25 heavy (non-hydrogen) atoms. The average Bonchev–Trinajstić information content (AvgIpc) is 3.31. The van der Waals surface area contributed by atoms with Gasteiger partial charge in [-0.1, -0.05) is 6.42 Å². The van der Waals surface area contributed by atoms with E-state index in [1.165, 1.54) is 44.2 Å². The lowest BCUT2D eigenvalue weighted by atomic mass is 9.91. The van der Waals surface area contributed by atoms with Crippen molar-refractivity contribution in [3.05, 3.63) is 28.3 Å². The van der Waals surface area contributed by atoms with Crippen molar-refractivity contribution >= 4 is 21.4 Å². The highest BCUT2D eigenvalue weighted by Gasteiger charge is 2.35. The third-order valence-electron chi connectivity index (χ3n) is 4.96. The summed E-state index contributed by atoms with van der Waals surface area (Å²) in [5.41, 5.74) is 0.0450. The molecule has 2 aliphatic carbocycles. The predicted molar refractivity (Wildman–Crippen MR) is 94.9 cm³/mol. The molecule has 0 radical (unpaired) electrons. The van der Waals surface area contributed by atoms with Gasteiger partial charge in [0.2, 0.25) is 10.0 Å². The van der Waals surface area contributed by atoms with E-state index in [9.17, 15) is 18.5 Å². The molecule has 0 aliphatic heterocycles. The summed E-state index contributed by atoms with van der Waals surface area (Å²) in [5.74, 6) is 0. The average molecular weight is 368 g/mol. The molecule has 0 bridgehead atoms. The first-order chi connectivity index (χ1) is 11.9. The van der Waals surface area contributed by atoms with E-state index in [0.717, 1.165) is 31.1 Å². The van der Waals surface area contributed by atoms with E-state index in [4.69, 9.17) is 5.14 Å². The van der Waals surface area contributed by atoms with E-state index < -0.39 is 14.9 Å². The molecule has 2 saturated carbocycles. The van der Waals surface area contributed by atoms with Crippen molar-refractivity contribution in [3.63, 3.8) is 0 Å². The van der Waals surface area contributed by atoms with Gasteiger partial charge in [0.25, 0.3) is 5.69 Å². The van der Waals surface area contributed by atoms with Gasteiger partial charge < -0.3 is 5.32 Å². The number of nitrogens with one attached hydrogen (secondary N) is 1. The van der Waals surface area contributed by atoms with Crippen molar-refractivity contribution < 1.29 is 13.3 Å². The Morgan fingerprint density at radius 3 is 2.44 bits per heavy atom. The molecule has 2 fully saturated rings. The molecule has 0 atom stereocenters. The Kier molecular flexibility index (Phi) is 5.26. The second-order valence-corrected chi connectivity index (χ2v) is 8.38. The SMILES string of the molecule is NS(=O)(=O)c1ccc(NCCCN(C2CCC2)C2CC2)c([N+](=O)[O-])c1. The van der Waals surface area contributed by atoms with Crippen LogP contribution in [0.3, 0.4) is 0 Å². The molecule has 0 amide bonds. The zero-order valence-electron chi connectivity index (χ0n) is 14.1. The normalized spacial score (nSPS) is 18.2. The van der Waals surface area contributed by atoms with E-state index >= 15 is 0 Å². The Bertz CT molecular complexity index is 745. The monoisotopic (exact) mass is 368 g/mol. The first-order valence-corrected chi connectivity index (χ1v) is 10.2. The third kappa shape index (κ3) is 4.47. The lowest BCUT2D eigenvalue weighted by molar-refractivity contribution is -0.384. The maximum absolute atomic E-state index is 11.4. The number of benzene rings is 1. The first-order valence-electron chi connectivity index (χ1n) is 8.67. The fourth-order valence-electron chi connectivity index (χ4n) is 3.26. The number of nitrogens with zero attached hydrogens (tertiary/aromatic N) is 2. The minimum Gasteiger partial charge on any atom is -0.379 e. The van der Waals surface area contributed by atoms with Gasteiger partial charge >= 0.3 is 0 Å². The van der Waals surface area contributed by atoms with Gasteiger partial charge in [-0.15, -0.1) is 0 Å². The molecule has 8 nitrogen and oxygen atoms in total. The molecule has 1 aromatic carbocycles. The van der Waals surface area contributed by atoms with Crippen LogP contribution in [0.1, 0.15) is 38.5 Å². The van der Waals surface area contributed by atoms with E-state index in [2.05, 4.69) is 10.2 Å². The van der Waals surface area contributed by atoms with E-state index in [1.54, 1.807) is 0 Å². The summed E-state index contributed by atoms with van der Waals surface area (Å²) in [4.78, 5) is 12.9. The molecule has 1 aromatic rings. The predicted octanol–water partition coefficient (Wildman–Crippen LogP) is 2.06. The van der Waals surface area contributed by atoms with Crippen LogP contribution in [0.4, 0.5) is 11.4 Å². The Balaban J connectivity index is 1.57. The van der Waals surface area contributed by atoms with E-state index in [1.807, 2.05) is 0 Å². The van der Waals surface area contributed by atoms with Gasteiger partial charge in [-0.2, -0.15) is 0 Å². The van der Waals surface area contributed by atoms with Crippen molar-refractivity contribution in [2.75, 3.05) is 18.4 Å². The topological polar surface area (TPSA) is 119 Å².